The first-order valence-electron chi connectivity index (χ1n) is 5.30. The maximum Gasteiger partial charge on any atom is 0.293 e. The predicted molar refractivity (Wildman–Crippen MR) is 59.0 cm³/mol. The number of anilines is 1. The van der Waals surface area contributed by atoms with Crippen molar-refractivity contribution in [2.45, 2.75) is 25.9 Å². The van der Waals surface area contributed by atoms with Gasteiger partial charge < -0.3 is 15.2 Å². The van der Waals surface area contributed by atoms with Crippen molar-refractivity contribution in [1.82, 2.24) is 9.55 Å². The fourth-order valence-electron chi connectivity index (χ4n) is 1.85. The van der Waals surface area contributed by atoms with Gasteiger partial charge in [0.15, 0.2) is 5.82 Å². The van der Waals surface area contributed by atoms with Gasteiger partial charge in [-0.1, -0.05) is 0 Å². The second kappa shape index (κ2) is 4.02. The molecule has 0 aromatic carbocycles. The summed E-state index contributed by atoms with van der Waals surface area (Å²) in [5.41, 5.74) is 5.59. The lowest BCUT2D eigenvalue weighted by molar-refractivity contribution is 0.448. The Labute approximate surface area is 88.5 Å². The Morgan fingerprint density at radius 1 is 1.67 bits per heavy atom. The normalized spacial score (nSPS) is 20.1. The van der Waals surface area contributed by atoms with Gasteiger partial charge in [-0.2, -0.15) is 0 Å². The van der Waals surface area contributed by atoms with Crippen LogP contribution in [0.2, 0.25) is 0 Å². The zero-order chi connectivity index (χ0) is 10.8. The van der Waals surface area contributed by atoms with Gasteiger partial charge in [0.05, 0.1) is 0 Å². The number of nitrogens with two attached hydrogens (primary N) is 1. The van der Waals surface area contributed by atoms with E-state index in [2.05, 4.69) is 4.98 Å². The van der Waals surface area contributed by atoms with E-state index in [1.807, 2.05) is 11.8 Å². The second-order valence-electron chi connectivity index (χ2n) is 3.71. The highest BCUT2D eigenvalue weighted by atomic mass is 16.1. The van der Waals surface area contributed by atoms with Crippen molar-refractivity contribution in [3.63, 3.8) is 0 Å². The first-order chi connectivity index (χ1) is 7.27. The molecular weight excluding hydrogens is 192 g/mol. The Bertz CT molecular complexity index is 399. The monoisotopic (exact) mass is 208 g/mol. The lowest BCUT2D eigenvalue weighted by Crippen LogP contribution is -2.54. The number of hydrogen-bond acceptors (Lipinski definition) is 4. The molecule has 5 nitrogen and oxygen atoms in total. The highest BCUT2D eigenvalue weighted by Crippen LogP contribution is 2.20. The van der Waals surface area contributed by atoms with E-state index < -0.39 is 0 Å². The minimum absolute atomic E-state index is 0.0156. The minimum Gasteiger partial charge on any atom is -0.348 e. The van der Waals surface area contributed by atoms with Gasteiger partial charge in [-0.3, -0.25) is 4.79 Å². The first-order valence-corrected chi connectivity index (χ1v) is 5.30. The van der Waals surface area contributed by atoms with Crippen LogP contribution in [0, 0.1) is 0 Å². The zero-order valence-corrected chi connectivity index (χ0v) is 8.89. The van der Waals surface area contributed by atoms with Gasteiger partial charge in [0.2, 0.25) is 0 Å². The summed E-state index contributed by atoms with van der Waals surface area (Å²) in [5, 5.41) is 0. The lowest BCUT2D eigenvalue weighted by Gasteiger charge is -2.40. The average molecular weight is 208 g/mol. The lowest BCUT2D eigenvalue weighted by atomic mass is 10.0. The van der Waals surface area contributed by atoms with Gasteiger partial charge in [-0.05, 0) is 13.3 Å². The molecule has 5 heteroatoms. The van der Waals surface area contributed by atoms with Crippen LogP contribution in [0.5, 0.6) is 0 Å². The summed E-state index contributed by atoms with van der Waals surface area (Å²) in [6.45, 7) is 4.09. The fourth-order valence-corrected chi connectivity index (χ4v) is 1.85. The van der Waals surface area contributed by atoms with Crippen LogP contribution in [0.4, 0.5) is 5.82 Å². The van der Waals surface area contributed by atoms with Crippen molar-refractivity contribution in [2.75, 3.05) is 18.0 Å². The molecule has 1 aliphatic rings. The number of aryl methyl sites for hydroxylation is 1. The predicted octanol–water partition coefficient (Wildman–Crippen LogP) is -0.199. The van der Waals surface area contributed by atoms with Crippen LogP contribution >= 0.6 is 0 Å². The third-order valence-electron chi connectivity index (χ3n) is 2.92. The molecular formula is C10H16N4O. The number of nitrogens with zero attached hydrogens (tertiary/aromatic N) is 3. The van der Waals surface area contributed by atoms with Gasteiger partial charge in [-0.15, -0.1) is 0 Å². The van der Waals surface area contributed by atoms with Crippen LogP contribution in [0.3, 0.4) is 0 Å². The van der Waals surface area contributed by atoms with Gasteiger partial charge in [0.1, 0.15) is 0 Å². The molecule has 0 amide bonds. The van der Waals surface area contributed by atoms with Crippen LogP contribution < -0.4 is 16.2 Å². The van der Waals surface area contributed by atoms with E-state index in [1.165, 1.54) is 0 Å². The maximum atomic E-state index is 11.9. The van der Waals surface area contributed by atoms with Crippen LogP contribution in [0.15, 0.2) is 17.2 Å². The largest absolute Gasteiger partial charge is 0.348 e. The van der Waals surface area contributed by atoms with E-state index in [-0.39, 0.29) is 11.6 Å². The Morgan fingerprint density at radius 3 is 3.00 bits per heavy atom. The molecule has 2 heterocycles. The summed E-state index contributed by atoms with van der Waals surface area (Å²) < 4.78 is 1.66. The Morgan fingerprint density at radius 2 is 2.47 bits per heavy atom. The number of aromatic nitrogens is 2. The molecule has 1 atom stereocenters. The highest BCUT2D eigenvalue weighted by Gasteiger charge is 2.29. The zero-order valence-electron chi connectivity index (χ0n) is 8.89. The second-order valence-corrected chi connectivity index (χ2v) is 3.71. The van der Waals surface area contributed by atoms with Crippen molar-refractivity contribution in [3.05, 3.63) is 22.7 Å². The van der Waals surface area contributed by atoms with E-state index in [1.54, 1.807) is 17.0 Å². The van der Waals surface area contributed by atoms with Gasteiger partial charge >= 0.3 is 0 Å². The fraction of sp³-hybridized carbons (Fsp3) is 0.600. The van der Waals surface area contributed by atoms with Crippen molar-refractivity contribution in [1.29, 1.82) is 0 Å². The molecule has 82 valence electrons. The van der Waals surface area contributed by atoms with Crippen LogP contribution in [0.1, 0.15) is 13.3 Å². The number of hydrogen-bond donors (Lipinski definition) is 1. The molecule has 0 bridgehead atoms. The molecule has 2 rings (SSSR count). The summed E-state index contributed by atoms with van der Waals surface area (Å²) >= 11 is 0. The van der Waals surface area contributed by atoms with Gasteiger partial charge in [-0.25, -0.2) is 4.98 Å². The molecule has 1 saturated heterocycles. The molecule has 2 N–H and O–H groups in total. The topological polar surface area (TPSA) is 64.2 Å². The summed E-state index contributed by atoms with van der Waals surface area (Å²) in [7, 11) is 0. The van der Waals surface area contributed by atoms with Crippen LogP contribution in [-0.2, 0) is 6.54 Å². The van der Waals surface area contributed by atoms with Crippen molar-refractivity contribution < 1.29 is 0 Å². The molecule has 1 aliphatic heterocycles. The number of rotatable bonds is 3. The molecule has 0 radical (unpaired) electrons. The Balaban J connectivity index is 2.32. The molecule has 1 unspecified atom stereocenters. The molecule has 1 aromatic heterocycles. The highest BCUT2D eigenvalue weighted by molar-refractivity contribution is 5.40. The molecule has 0 spiro atoms. The van der Waals surface area contributed by atoms with E-state index in [0.29, 0.717) is 18.9 Å². The van der Waals surface area contributed by atoms with E-state index in [9.17, 15) is 4.79 Å². The van der Waals surface area contributed by atoms with E-state index in [4.69, 9.17) is 5.73 Å². The summed E-state index contributed by atoms with van der Waals surface area (Å²) in [4.78, 5) is 18.1. The molecule has 0 saturated carbocycles. The van der Waals surface area contributed by atoms with E-state index in [0.717, 1.165) is 13.0 Å². The third kappa shape index (κ3) is 1.63. The maximum absolute atomic E-state index is 11.9. The Kier molecular flexibility index (Phi) is 2.73. The SMILES string of the molecule is CCn1ccnc(N2CCC2CN)c1=O. The standard InChI is InChI=1S/C10H16N4O/c1-2-13-6-4-12-9(10(13)15)14-5-3-8(14)7-11/h4,6,8H,2-3,5,7,11H2,1H3. The van der Waals surface area contributed by atoms with Gasteiger partial charge in [0.25, 0.3) is 5.56 Å². The summed E-state index contributed by atoms with van der Waals surface area (Å²) in [6.07, 6.45) is 4.44. The minimum atomic E-state index is -0.0156. The summed E-state index contributed by atoms with van der Waals surface area (Å²) in [6, 6.07) is 0.290. The van der Waals surface area contributed by atoms with Crippen molar-refractivity contribution in [2.24, 2.45) is 5.73 Å². The van der Waals surface area contributed by atoms with Crippen LogP contribution in [0.25, 0.3) is 0 Å². The van der Waals surface area contributed by atoms with Crippen molar-refractivity contribution in [3.8, 4) is 0 Å². The first kappa shape index (κ1) is 10.2. The van der Waals surface area contributed by atoms with Gasteiger partial charge in [0, 0.05) is 38.1 Å². The van der Waals surface area contributed by atoms with E-state index >= 15 is 0 Å². The van der Waals surface area contributed by atoms with Crippen LogP contribution in [-0.4, -0.2) is 28.7 Å². The Hall–Kier alpha value is -1.36. The molecule has 15 heavy (non-hydrogen) atoms. The van der Waals surface area contributed by atoms with Crippen molar-refractivity contribution >= 4 is 5.82 Å². The average Bonchev–Trinajstić information content (AvgIpc) is 2.20. The molecule has 1 fully saturated rings. The third-order valence-corrected chi connectivity index (χ3v) is 2.92. The molecule has 0 aliphatic carbocycles. The quantitative estimate of drug-likeness (QED) is 0.747. The summed E-state index contributed by atoms with van der Waals surface area (Å²) in [5.74, 6) is 0.543. The smallest absolute Gasteiger partial charge is 0.293 e. The molecule has 1 aromatic rings.